The summed E-state index contributed by atoms with van der Waals surface area (Å²) < 4.78 is 44.9. The Morgan fingerprint density at radius 2 is 1.48 bits per heavy atom. The minimum absolute atomic E-state index is 0.0992. The second-order valence-electron chi connectivity index (χ2n) is 11.0. The molecule has 2 saturated heterocycles. The lowest BCUT2D eigenvalue weighted by atomic mass is 10.1. The van der Waals surface area contributed by atoms with E-state index in [1.54, 1.807) is 33.5 Å². The van der Waals surface area contributed by atoms with Gasteiger partial charge < -0.3 is 25.7 Å². The van der Waals surface area contributed by atoms with Gasteiger partial charge in [-0.2, -0.15) is 4.99 Å². The van der Waals surface area contributed by atoms with Crippen molar-refractivity contribution in [3.63, 3.8) is 0 Å². The number of hydrogen-bond acceptors (Lipinski definition) is 9. The molecule has 2 aliphatic heterocycles. The Bertz CT molecular complexity index is 1460. The molecule has 2 fully saturated rings. The highest BCUT2D eigenvalue weighted by Crippen LogP contribution is 2.40. The number of rotatable bonds is 12. The Kier molecular flexibility index (Phi) is 11.2. The number of carbonyl (C=O) groups is 1. The summed E-state index contributed by atoms with van der Waals surface area (Å²) in [5.74, 6) is 0.729. The molecule has 0 radical (unpaired) electrons. The number of ether oxygens (including phenoxy) is 3. The van der Waals surface area contributed by atoms with Gasteiger partial charge in [0.05, 0.1) is 26.2 Å². The molecular weight excluding hydrogens is 584 g/mol. The van der Waals surface area contributed by atoms with Crippen molar-refractivity contribution in [3.05, 3.63) is 59.7 Å². The van der Waals surface area contributed by atoms with Crippen molar-refractivity contribution < 1.29 is 27.4 Å². The van der Waals surface area contributed by atoms with Crippen LogP contribution < -0.4 is 25.7 Å². The number of nitrogens with two attached hydrogens (primary N) is 2. The summed E-state index contributed by atoms with van der Waals surface area (Å²) in [6, 6.07) is 8.52. The van der Waals surface area contributed by atoms with Crippen LogP contribution in [0.2, 0.25) is 0 Å². The van der Waals surface area contributed by atoms with Gasteiger partial charge in [0.1, 0.15) is 5.37 Å². The predicted octanol–water partition coefficient (Wildman–Crippen LogP) is 2.22. The van der Waals surface area contributed by atoms with E-state index in [4.69, 9.17) is 25.7 Å². The Morgan fingerprint density at radius 3 is 2.02 bits per heavy atom. The molecule has 12 nitrogen and oxygen atoms in total. The molecule has 13 heteroatoms. The molecule has 2 heterocycles. The number of carbonyl (C=O) groups excluding carboxylic acids is 1. The minimum atomic E-state index is -3.92. The quantitative estimate of drug-likeness (QED) is 0.202. The normalized spacial score (nSPS) is 17.4. The average molecular weight is 629 g/mol. The molecule has 240 valence electrons. The number of likely N-dealkylation sites (tertiary alicyclic amines) is 1. The second kappa shape index (κ2) is 14.9. The molecular formula is C31H44N6O6S. The smallest absolute Gasteiger partial charge is 0.280 e. The van der Waals surface area contributed by atoms with Crippen LogP contribution in [0.5, 0.6) is 17.2 Å². The summed E-state index contributed by atoms with van der Waals surface area (Å²) in [6.45, 7) is 9.25. The van der Waals surface area contributed by atoms with E-state index in [-0.39, 0.29) is 16.4 Å². The van der Waals surface area contributed by atoms with E-state index in [0.29, 0.717) is 49.0 Å². The van der Waals surface area contributed by atoms with Gasteiger partial charge in [0, 0.05) is 50.4 Å². The Morgan fingerprint density at radius 1 is 0.886 bits per heavy atom. The summed E-state index contributed by atoms with van der Waals surface area (Å²) in [4.78, 5) is 22.9. The number of benzene rings is 2. The minimum Gasteiger partial charge on any atom is -0.493 e. The van der Waals surface area contributed by atoms with E-state index in [1.165, 1.54) is 12.1 Å². The van der Waals surface area contributed by atoms with Crippen molar-refractivity contribution in [1.82, 2.24) is 14.7 Å². The molecule has 4 N–H and O–H groups in total. The fourth-order valence-corrected chi connectivity index (χ4v) is 7.82. The van der Waals surface area contributed by atoms with Gasteiger partial charge >= 0.3 is 0 Å². The van der Waals surface area contributed by atoms with E-state index in [0.717, 1.165) is 51.0 Å². The third kappa shape index (κ3) is 7.52. The summed E-state index contributed by atoms with van der Waals surface area (Å²) in [5.41, 5.74) is 12.5. The average Bonchev–Trinajstić information content (AvgIpc) is 3.02. The largest absolute Gasteiger partial charge is 0.493 e. The van der Waals surface area contributed by atoms with Gasteiger partial charge in [0.15, 0.2) is 27.3 Å². The van der Waals surface area contributed by atoms with E-state index in [2.05, 4.69) is 21.4 Å². The maximum Gasteiger partial charge on any atom is 0.280 e. The molecule has 2 aromatic rings. The number of sulfone groups is 1. The van der Waals surface area contributed by atoms with Crippen molar-refractivity contribution in [2.24, 2.45) is 16.5 Å². The maximum atomic E-state index is 14.2. The standard InChI is InChI=1S/C31H44N6O6S/c1-5-27(37-13-7-6-8-14-37)44(39,40)26-19-22(30(38)34-31(32)33)9-10-23(26)20-35-15-17-36(18-16-35)21-24-11-12-25(41-2)29(43-4)28(24)42-3/h5,9-12,19,27H,1,6-8,13-18,20-21H2,2-4H3,(H4,32,33,34,38). The van der Waals surface area contributed by atoms with E-state index in [1.807, 2.05) is 17.0 Å². The maximum absolute atomic E-state index is 14.2. The first-order valence-corrected chi connectivity index (χ1v) is 16.3. The van der Waals surface area contributed by atoms with Crippen LogP contribution in [-0.4, -0.2) is 101 Å². The van der Waals surface area contributed by atoms with Crippen molar-refractivity contribution >= 4 is 21.7 Å². The van der Waals surface area contributed by atoms with E-state index >= 15 is 0 Å². The first-order chi connectivity index (χ1) is 21.1. The third-order valence-corrected chi connectivity index (χ3v) is 10.3. The molecule has 0 aromatic heterocycles. The highest BCUT2D eigenvalue weighted by Gasteiger charge is 2.34. The van der Waals surface area contributed by atoms with Gasteiger partial charge in [-0.3, -0.25) is 19.5 Å². The number of hydrogen-bond donors (Lipinski definition) is 2. The molecule has 0 saturated carbocycles. The van der Waals surface area contributed by atoms with Gasteiger partial charge in [-0.25, -0.2) is 8.42 Å². The number of methoxy groups -OCH3 is 3. The molecule has 0 bridgehead atoms. The third-order valence-electron chi connectivity index (χ3n) is 8.16. The number of aliphatic imine (C=N–C) groups is 1. The first kappa shape index (κ1) is 33.2. The molecule has 2 aliphatic rings. The highest BCUT2D eigenvalue weighted by atomic mass is 32.2. The number of nitrogens with zero attached hydrogens (tertiary/aromatic N) is 4. The number of amides is 1. The zero-order valence-corrected chi connectivity index (χ0v) is 26.6. The number of piperidine rings is 1. The highest BCUT2D eigenvalue weighted by molar-refractivity contribution is 7.92. The summed E-state index contributed by atoms with van der Waals surface area (Å²) >= 11 is 0. The Labute approximate surface area is 260 Å². The zero-order chi connectivity index (χ0) is 31.9. The Balaban J connectivity index is 1.55. The van der Waals surface area contributed by atoms with Crippen LogP contribution in [0.4, 0.5) is 0 Å². The van der Waals surface area contributed by atoms with Crippen LogP contribution in [0.25, 0.3) is 0 Å². The van der Waals surface area contributed by atoms with Gasteiger partial charge in [-0.1, -0.05) is 24.6 Å². The molecule has 1 amide bonds. The molecule has 2 aromatic carbocycles. The van der Waals surface area contributed by atoms with Gasteiger partial charge in [0.2, 0.25) is 5.75 Å². The topological polar surface area (TPSA) is 153 Å². The van der Waals surface area contributed by atoms with Crippen molar-refractivity contribution in [3.8, 4) is 17.2 Å². The molecule has 1 unspecified atom stereocenters. The summed E-state index contributed by atoms with van der Waals surface area (Å²) in [5, 5.41) is -0.900. The van der Waals surface area contributed by atoms with Crippen LogP contribution in [0.1, 0.15) is 40.7 Å². The van der Waals surface area contributed by atoms with E-state index in [9.17, 15) is 13.2 Å². The van der Waals surface area contributed by atoms with E-state index < -0.39 is 21.1 Å². The molecule has 0 aliphatic carbocycles. The summed E-state index contributed by atoms with van der Waals surface area (Å²) in [6.07, 6.45) is 4.40. The van der Waals surface area contributed by atoms with Crippen LogP contribution in [0, 0.1) is 0 Å². The molecule has 44 heavy (non-hydrogen) atoms. The molecule has 0 spiro atoms. The lowest BCUT2D eigenvalue weighted by Gasteiger charge is -2.36. The number of piperazine rings is 1. The van der Waals surface area contributed by atoms with Crippen molar-refractivity contribution in [2.75, 3.05) is 60.6 Å². The monoisotopic (exact) mass is 628 g/mol. The zero-order valence-electron chi connectivity index (χ0n) is 25.8. The second-order valence-corrected chi connectivity index (χ2v) is 13.0. The summed E-state index contributed by atoms with van der Waals surface area (Å²) in [7, 11) is 0.876. The fourth-order valence-electron chi connectivity index (χ4n) is 5.91. The molecule has 4 rings (SSSR count). The first-order valence-electron chi connectivity index (χ1n) is 14.7. The van der Waals surface area contributed by atoms with Crippen LogP contribution in [0.15, 0.2) is 52.9 Å². The molecule has 1 atom stereocenters. The van der Waals surface area contributed by atoms with Crippen LogP contribution >= 0.6 is 0 Å². The lowest BCUT2D eigenvalue weighted by molar-refractivity contribution is 0.100. The Hall–Kier alpha value is -3.65. The van der Waals surface area contributed by atoms with Crippen molar-refractivity contribution in [2.45, 2.75) is 42.6 Å². The fraction of sp³-hybridized carbons (Fsp3) is 0.484. The lowest BCUT2D eigenvalue weighted by Crippen LogP contribution is -2.46. The number of guanidine groups is 1. The van der Waals surface area contributed by atoms with Crippen LogP contribution in [-0.2, 0) is 22.9 Å². The predicted molar refractivity (Wildman–Crippen MR) is 170 cm³/mol. The van der Waals surface area contributed by atoms with Crippen molar-refractivity contribution in [1.29, 1.82) is 0 Å². The van der Waals surface area contributed by atoms with Gasteiger partial charge in [-0.15, -0.1) is 6.58 Å². The SMILES string of the molecule is C=CC(N1CCCCC1)S(=O)(=O)c1cc(C(=O)N=C(N)N)ccc1CN1CCN(Cc2ccc(OC)c(OC)c2OC)CC1. The van der Waals surface area contributed by atoms with Gasteiger partial charge in [0.25, 0.3) is 5.91 Å². The van der Waals surface area contributed by atoms with Crippen LogP contribution in [0.3, 0.4) is 0 Å². The van der Waals surface area contributed by atoms with Gasteiger partial charge in [-0.05, 0) is 49.7 Å².